The van der Waals surface area contributed by atoms with E-state index in [1.807, 2.05) is 0 Å². The molecule has 0 aromatic rings. The lowest BCUT2D eigenvalue weighted by Gasteiger charge is -2.18. The fourth-order valence-electron chi connectivity index (χ4n) is 8.11. The van der Waals surface area contributed by atoms with Gasteiger partial charge in [0.25, 0.3) is 0 Å². The first-order valence-electron chi connectivity index (χ1n) is 31.3. The monoisotopic (exact) mass is 1060 g/mol. The highest BCUT2D eigenvalue weighted by Gasteiger charge is 2.19. The van der Waals surface area contributed by atoms with E-state index >= 15 is 0 Å². The Labute approximate surface area is 474 Å². The van der Waals surface area contributed by atoms with Crippen LogP contribution in [0.5, 0.6) is 0 Å². The number of hydrogen-bond acceptors (Lipinski definition) is 6. The molecule has 434 valence electrons. The van der Waals surface area contributed by atoms with Gasteiger partial charge in [-0.05, 0) is 141 Å². The van der Waals surface area contributed by atoms with Gasteiger partial charge in [-0.2, -0.15) is 0 Å². The highest BCUT2D eigenvalue weighted by Crippen LogP contribution is 2.14. The van der Waals surface area contributed by atoms with Gasteiger partial charge in [-0.15, -0.1) is 0 Å². The number of unbranched alkanes of at least 4 members (excludes halogenated alkanes) is 20. The van der Waals surface area contributed by atoms with Gasteiger partial charge in [0.1, 0.15) is 13.2 Å². The van der Waals surface area contributed by atoms with Crippen LogP contribution in [0.2, 0.25) is 0 Å². The number of rotatable bonds is 55. The van der Waals surface area contributed by atoms with Crippen molar-refractivity contribution in [2.45, 2.75) is 271 Å². The Balaban J connectivity index is 4.34. The third-order valence-electron chi connectivity index (χ3n) is 12.8. The lowest BCUT2D eigenvalue weighted by Crippen LogP contribution is -2.30. The van der Waals surface area contributed by atoms with Gasteiger partial charge in [0.15, 0.2) is 6.10 Å². The summed E-state index contributed by atoms with van der Waals surface area (Å²) in [5, 5.41) is 0. The maximum atomic E-state index is 12.8. The molecule has 1 atom stereocenters. The van der Waals surface area contributed by atoms with Crippen LogP contribution in [0.1, 0.15) is 265 Å². The fraction of sp³-hybridized carbons (Fsp3) is 0.620. The predicted molar refractivity (Wildman–Crippen MR) is 334 cm³/mol. The number of esters is 3. The Morgan fingerprint density at radius 2 is 0.532 bits per heavy atom. The first-order valence-corrected chi connectivity index (χ1v) is 31.3. The van der Waals surface area contributed by atoms with Crippen molar-refractivity contribution in [3.63, 3.8) is 0 Å². The molecule has 0 heterocycles. The van der Waals surface area contributed by atoms with Gasteiger partial charge >= 0.3 is 17.9 Å². The summed E-state index contributed by atoms with van der Waals surface area (Å²) in [6.45, 7) is 6.40. The standard InChI is InChI=1S/C71H114O6/c1-4-7-10-13-16-19-22-24-26-28-29-30-31-32-33-34-35-36-37-38-39-40-41-42-43-44-46-47-49-52-55-58-61-64-70(73)76-67-68(66-75-69(72)63-60-57-54-51-21-18-15-12-9-6-3)77-71(74)65-62-59-56-53-50-48-45-27-25-23-20-17-14-11-8-5-2/h7,10,12,15-16,19,24,26-27,29-30,32-33,35-36,38-39,41-42,44-46,49,52,68H,4-6,8-9,11,13-14,17-18,20-23,25,28,31,34,37,40,43,47-48,50-51,53-67H2,1-3H3/b10-7-,15-12-,19-16-,26-24-,30-29-,33-32-,36-35-,39-38-,42-41-,45-27-,46-44-,52-49-. The summed E-state index contributed by atoms with van der Waals surface area (Å²) in [4.78, 5) is 38.1. The van der Waals surface area contributed by atoms with Crippen LogP contribution in [-0.4, -0.2) is 37.2 Å². The summed E-state index contributed by atoms with van der Waals surface area (Å²) >= 11 is 0. The van der Waals surface area contributed by atoms with Crippen LogP contribution in [0.15, 0.2) is 146 Å². The summed E-state index contributed by atoms with van der Waals surface area (Å²) in [6.07, 6.45) is 91.5. The molecule has 0 aliphatic heterocycles. The molecule has 0 aromatic heterocycles. The molecular formula is C71H114O6. The highest BCUT2D eigenvalue weighted by molar-refractivity contribution is 5.71. The van der Waals surface area contributed by atoms with E-state index in [0.717, 1.165) is 148 Å². The molecule has 0 saturated heterocycles. The van der Waals surface area contributed by atoms with Gasteiger partial charge in [-0.3, -0.25) is 14.4 Å². The smallest absolute Gasteiger partial charge is 0.306 e. The third kappa shape index (κ3) is 62.0. The molecule has 0 rings (SSSR count). The van der Waals surface area contributed by atoms with Crippen molar-refractivity contribution in [3.05, 3.63) is 146 Å². The van der Waals surface area contributed by atoms with E-state index in [4.69, 9.17) is 14.2 Å². The van der Waals surface area contributed by atoms with Crippen molar-refractivity contribution in [2.75, 3.05) is 13.2 Å². The van der Waals surface area contributed by atoms with Gasteiger partial charge in [-0.1, -0.05) is 250 Å². The lowest BCUT2D eigenvalue weighted by atomic mass is 10.1. The largest absolute Gasteiger partial charge is 0.462 e. The van der Waals surface area contributed by atoms with Crippen LogP contribution in [0.25, 0.3) is 0 Å². The van der Waals surface area contributed by atoms with Gasteiger partial charge < -0.3 is 14.2 Å². The molecule has 0 aliphatic rings. The second-order valence-corrected chi connectivity index (χ2v) is 20.2. The van der Waals surface area contributed by atoms with E-state index in [1.54, 1.807) is 0 Å². The van der Waals surface area contributed by atoms with Gasteiger partial charge in [0.05, 0.1) is 0 Å². The first kappa shape index (κ1) is 72.3. The van der Waals surface area contributed by atoms with E-state index in [1.165, 1.54) is 70.6 Å². The lowest BCUT2D eigenvalue weighted by molar-refractivity contribution is -0.167. The van der Waals surface area contributed by atoms with Crippen LogP contribution in [0.3, 0.4) is 0 Å². The summed E-state index contributed by atoms with van der Waals surface area (Å²) < 4.78 is 16.8. The quantitative estimate of drug-likeness (QED) is 0.0261. The van der Waals surface area contributed by atoms with Crippen LogP contribution in [0, 0.1) is 0 Å². The maximum Gasteiger partial charge on any atom is 0.306 e. The van der Waals surface area contributed by atoms with Crippen molar-refractivity contribution < 1.29 is 28.6 Å². The number of carbonyl (C=O) groups excluding carboxylic acids is 3. The minimum atomic E-state index is -0.808. The Morgan fingerprint density at radius 3 is 0.883 bits per heavy atom. The number of allylic oxidation sites excluding steroid dienone is 24. The third-order valence-corrected chi connectivity index (χ3v) is 12.8. The van der Waals surface area contributed by atoms with Crippen LogP contribution >= 0.6 is 0 Å². The SMILES string of the molecule is CC/C=C\C/C=C\C/C=C\C/C=C\C/C=C\C/C=C\C/C=C\C/C=C\C/C=C\C/C=C\CCCCC(=O)OCC(COC(=O)CCCCCCC/C=C\CCC)OC(=O)CCCCCCC/C=C\CCCCCCCCC. The molecule has 0 aromatic carbocycles. The summed E-state index contributed by atoms with van der Waals surface area (Å²) in [5.74, 6) is -0.971. The van der Waals surface area contributed by atoms with E-state index in [-0.39, 0.29) is 31.1 Å². The molecule has 0 saturated carbocycles. The summed E-state index contributed by atoms with van der Waals surface area (Å²) in [5.41, 5.74) is 0. The van der Waals surface area contributed by atoms with Crippen molar-refractivity contribution in [1.82, 2.24) is 0 Å². The van der Waals surface area contributed by atoms with Crippen LogP contribution < -0.4 is 0 Å². The number of hydrogen-bond donors (Lipinski definition) is 0. The normalized spacial score (nSPS) is 13.1. The van der Waals surface area contributed by atoms with Crippen LogP contribution in [-0.2, 0) is 28.6 Å². The van der Waals surface area contributed by atoms with E-state index in [9.17, 15) is 14.4 Å². The average molecular weight is 1060 g/mol. The second-order valence-electron chi connectivity index (χ2n) is 20.2. The molecule has 6 nitrogen and oxygen atoms in total. The van der Waals surface area contributed by atoms with Gasteiger partial charge in [0.2, 0.25) is 0 Å². The van der Waals surface area contributed by atoms with Crippen molar-refractivity contribution in [2.24, 2.45) is 0 Å². The topological polar surface area (TPSA) is 78.9 Å². The molecular weight excluding hydrogens is 949 g/mol. The van der Waals surface area contributed by atoms with E-state index in [2.05, 4.69) is 167 Å². The molecule has 0 fully saturated rings. The van der Waals surface area contributed by atoms with Crippen molar-refractivity contribution >= 4 is 17.9 Å². The van der Waals surface area contributed by atoms with Gasteiger partial charge in [0, 0.05) is 19.3 Å². The molecule has 0 radical (unpaired) electrons. The molecule has 77 heavy (non-hydrogen) atoms. The fourth-order valence-corrected chi connectivity index (χ4v) is 8.11. The Hall–Kier alpha value is -4.71. The van der Waals surface area contributed by atoms with Crippen molar-refractivity contribution in [1.29, 1.82) is 0 Å². The molecule has 6 heteroatoms. The van der Waals surface area contributed by atoms with Crippen molar-refractivity contribution in [3.8, 4) is 0 Å². The number of carbonyl (C=O) groups is 3. The molecule has 1 unspecified atom stereocenters. The zero-order valence-electron chi connectivity index (χ0n) is 49.7. The minimum Gasteiger partial charge on any atom is -0.462 e. The van der Waals surface area contributed by atoms with E-state index in [0.29, 0.717) is 25.7 Å². The molecule has 0 amide bonds. The zero-order chi connectivity index (χ0) is 55.7. The Bertz CT molecular complexity index is 1700. The summed E-state index contributed by atoms with van der Waals surface area (Å²) in [6, 6.07) is 0. The van der Waals surface area contributed by atoms with Gasteiger partial charge in [-0.25, -0.2) is 0 Å². The van der Waals surface area contributed by atoms with Crippen LogP contribution in [0.4, 0.5) is 0 Å². The zero-order valence-corrected chi connectivity index (χ0v) is 49.7. The predicted octanol–water partition coefficient (Wildman–Crippen LogP) is 21.5. The number of ether oxygens (including phenoxy) is 3. The van der Waals surface area contributed by atoms with E-state index < -0.39 is 6.10 Å². The minimum absolute atomic E-state index is 0.104. The maximum absolute atomic E-state index is 12.8. The summed E-state index contributed by atoms with van der Waals surface area (Å²) in [7, 11) is 0. The molecule has 0 bridgehead atoms. The first-order chi connectivity index (χ1) is 38.0. The molecule has 0 N–H and O–H groups in total. The highest BCUT2D eigenvalue weighted by atomic mass is 16.6. The molecule has 0 aliphatic carbocycles. The average Bonchev–Trinajstić information content (AvgIpc) is 3.43. The molecule has 0 spiro atoms. The Morgan fingerprint density at radius 1 is 0.273 bits per heavy atom. The second kappa shape index (κ2) is 63.8. The Kier molecular flexibility index (Phi) is 59.9.